The maximum atomic E-state index is 8.50. The first-order valence-electron chi connectivity index (χ1n) is 3.65. The van der Waals surface area contributed by atoms with E-state index in [-0.39, 0.29) is 0 Å². The van der Waals surface area contributed by atoms with Crippen LogP contribution in [0.25, 0.3) is 5.53 Å². The zero-order valence-corrected chi connectivity index (χ0v) is 7.16. The van der Waals surface area contributed by atoms with Gasteiger partial charge in [0, 0.05) is 13.1 Å². The number of allylic oxidation sites excluding steroid dienone is 3. The molecule has 0 aromatic rings. The molecular weight excluding hydrogens is 154 g/mol. The number of nitrogens with one attached hydrogen (secondary N) is 1. The average molecular weight is 165 g/mol. The number of rotatable bonds is 2. The second kappa shape index (κ2) is 3.74. The molecule has 0 atom stereocenters. The molecule has 0 saturated heterocycles. The lowest BCUT2D eigenvalue weighted by atomic mass is 10.1. The molecule has 4 heteroatoms. The number of methoxy groups -OCH3 is 1. The smallest absolute Gasteiger partial charge is 0.299 e. The Hall–Kier alpha value is -1.54. The molecule has 1 rings (SSSR count). The van der Waals surface area contributed by atoms with Crippen molar-refractivity contribution in [1.29, 1.82) is 0 Å². The third-order valence-electron chi connectivity index (χ3n) is 1.73. The van der Waals surface area contributed by atoms with Crippen molar-refractivity contribution in [3.05, 3.63) is 29.1 Å². The van der Waals surface area contributed by atoms with Crippen LogP contribution in [0.3, 0.4) is 0 Å². The molecule has 0 amide bonds. The van der Waals surface area contributed by atoms with Crippen LogP contribution in [0.2, 0.25) is 0 Å². The first-order valence-corrected chi connectivity index (χ1v) is 3.65. The Morgan fingerprint density at radius 1 is 1.58 bits per heavy atom. The highest BCUT2D eigenvalue weighted by molar-refractivity contribution is 5.93. The summed E-state index contributed by atoms with van der Waals surface area (Å²) in [7, 11) is 3.42. The Balaban J connectivity index is 2.93. The van der Waals surface area contributed by atoms with Gasteiger partial charge in [-0.2, -0.15) is 4.79 Å². The van der Waals surface area contributed by atoms with E-state index in [1.165, 1.54) is 0 Å². The van der Waals surface area contributed by atoms with Gasteiger partial charge in [0.05, 0.1) is 12.8 Å². The van der Waals surface area contributed by atoms with E-state index in [1.54, 1.807) is 13.2 Å². The Kier molecular flexibility index (Phi) is 2.66. The third kappa shape index (κ3) is 1.54. The van der Waals surface area contributed by atoms with Crippen LogP contribution < -0.4 is 5.32 Å². The van der Waals surface area contributed by atoms with Gasteiger partial charge >= 0.3 is 0 Å². The van der Waals surface area contributed by atoms with Gasteiger partial charge in [-0.05, 0) is 6.08 Å². The summed E-state index contributed by atoms with van der Waals surface area (Å²) in [6.45, 7) is 0. The van der Waals surface area contributed by atoms with Crippen molar-refractivity contribution in [2.45, 2.75) is 6.42 Å². The maximum Gasteiger partial charge on any atom is 0.299 e. The molecule has 0 fully saturated rings. The molecule has 64 valence electrons. The predicted molar refractivity (Wildman–Crippen MR) is 45.5 cm³/mol. The normalized spacial score (nSPS) is 16.0. The fraction of sp³-hybridized carbons (Fsp3) is 0.375. The number of hydrogen-bond acceptors (Lipinski definition) is 2. The second-order valence-corrected chi connectivity index (χ2v) is 2.39. The summed E-state index contributed by atoms with van der Waals surface area (Å²) in [5.74, 6) is 0.785. The first kappa shape index (κ1) is 8.56. The van der Waals surface area contributed by atoms with E-state index in [9.17, 15) is 0 Å². The summed E-state index contributed by atoms with van der Waals surface area (Å²) in [6, 6.07) is 0. The lowest BCUT2D eigenvalue weighted by Gasteiger charge is -2.11. The molecule has 0 bridgehead atoms. The minimum Gasteiger partial charge on any atom is -0.498 e. The summed E-state index contributed by atoms with van der Waals surface area (Å²) < 4.78 is 5.10. The van der Waals surface area contributed by atoms with Gasteiger partial charge in [-0.3, -0.25) is 0 Å². The fourth-order valence-corrected chi connectivity index (χ4v) is 1.06. The van der Waals surface area contributed by atoms with Crippen molar-refractivity contribution < 1.29 is 9.53 Å². The number of likely N-dealkylation sites (N-methyl/N-ethyl adjacent to an activating group) is 1. The molecule has 0 radical (unpaired) electrons. The minimum absolute atomic E-state index is 0.527. The van der Waals surface area contributed by atoms with Gasteiger partial charge in [0.15, 0.2) is 0 Å². The molecule has 1 aliphatic rings. The van der Waals surface area contributed by atoms with Crippen LogP contribution in [0.1, 0.15) is 6.42 Å². The van der Waals surface area contributed by atoms with Crippen molar-refractivity contribution in [3.63, 3.8) is 0 Å². The molecule has 1 aliphatic carbocycles. The minimum atomic E-state index is 0.527. The summed E-state index contributed by atoms with van der Waals surface area (Å²) in [5, 5.41) is 2.98. The molecule has 0 saturated carbocycles. The monoisotopic (exact) mass is 165 g/mol. The Bertz CT molecular complexity index is 285. The first-order chi connectivity index (χ1) is 5.81. The van der Waals surface area contributed by atoms with E-state index in [0.29, 0.717) is 12.1 Å². The van der Waals surface area contributed by atoms with Crippen molar-refractivity contribution in [2.24, 2.45) is 0 Å². The molecule has 12 heavy (non-hydrogen) atoms. The van der Waals surface area contributed by atoms with Gasteiger partial charge in [0.1, 0.15) is 12.2 Å². The average Bonchev–Trinajstić information content (AvgIpc) is 2.16. The van der Waals surface area contributed by atoms with Crippen LogP contribution >= 0.6 is 0 Å². The van der Waals surface area contributed by atoms with Crippen molar-refractivity contribution in [1.82, 2.24) is 5.32 Å². The quantitative estimate of drug-likeness (QED) is 0.483. The molecule has 0 aromatic heterocycles. The van der Waals surface area contributed by atoms with Gasteiger partial charge in [-0.15, -0.1) is 0 Å². The van der Waals surface area contributed by atoms with E-state index in [1.807, 2.05) is 13.1 Å². The fourth-order valence-electron chi connectivity index (χ4n) is 1.06. The Labute approximate surface area is 71.2 Å². The molecule has 0 aromatic carbocycles. The van der Waals surface area contributed by atoms with Crippen molar-refractivity contribution in [2.75, 3.05) is 14.2 Å². The van der Waals surface area contributed by atoms with Crippen molar-refractivity contribution in [3.8, 4) is 0 Å². The Morgan fingerprint density at radius 2 is 2.33 bits per heavy atom. The van der Waals surface area contributed by atoms with Crippen LogP contribution in [0, 0.1) is 0 Å². The topological polar surface area (TPSA) is 57.7 Å². The standard InChI is InChI=1S/C8H11N3O/c1-10-7-4-3-6(11-9)5-8(7)12-2/h3-4,10H,5H2,1-2H3. The summed E-state index contributed by atoms with van der Waals surface area (Å²) in [6.07, 6.45) is 4.09. The molecule has 0 heterocycles. The highest BCUT2D eigenvalue weighted by Crippen LogP contribution is 2.14. The van der Waals surface area contributed by atoms with Crippen LogP contribution in [-0.2, 0) is 4.74 Å². The van der Waals surface area contributed by atoms with Gasteiger partial charge < -0.3 is 15.6 Å². The third-order valence-corrected chi connectivity index (χ3v) is 1.73. The predicted octanol–water partition coefficient (Wildman–Crippen LogP) is 0.695. The van der Waals surface area contributed by atoms with E-state index < -0.39 is 0 Å². The molecular formula is C8H11N3O. The maximum absolute atomic E-state index is 8.50. The molecule has 0 aliphatic heterocycles. The SMILES string of the molecule is CNC1=C(OC)CC(=[N+]=[N-])C=C1. The summed E-state index contributed by atoms with van der Waals surface area (Å²) in [4.78, 5) is 3.10. The zero-order valence-electron chi connectivity index (χ0n) is 7.16. The number of hydrogen-bond donors (Lipinski definition) is 1. The van der Waals surface area contributed by atoms with Crippen LogP contribution in [-0.4, -0.2) is 24.7 Å². The van der Waals surface area contributed by atoms with Gasteiger partial charge in [0.2, 0.25) is 0 Å². The lowest BCUT2D eigenvalue weighted by molar-refractivity contribution is -0.00669. The summed E-state index contributed by atoms with van der Waals surface area (Å²) >= 11 is 0. The molecule has 0 unspecified atom stereocenters. The highest BCUT2D eigenvalue weighted by atomic mass is 16.5. The zero-order chi connectivity index (χ0) is 8.97. The van der Waals surface area contributed by atoms with E-state index in [0.717, 1.165) is 11.5 Å². The van der Waals surface area contributed by atoms with Gasteiger partial charge in [0.25, 0.3) is 5.71 Å². The van der Waals surface area contributed by atoms with Crippen LogP contribution in [0.5, 0.6) is 0 Å². The van der Waals surface area contributed by atoms with Crippen molar-refractivity contribution >= 4 is 5.71 Å². The number of nitrogens with zero attached hydrogens (tertiary/aromatic N) is 2. The largest absolute Gasteiger partial charge is 0.498 e. The summed E-state index contributed by atoms with van der Waals surface area (Å²) in [5.41, 5.74) is 10.0. The van der Waals surface area contributed by atoms with Crippen LogP contribution in [0.15, 0.2) is 23.6 Å². The van der Waals surface area contributed by atoms with E-state index in [2.05, 4.69) is 10.1 Å². The highest BCUT2D eigenvalue weighted by Gasteiger charge is 2.16. The van der Waals surface area contributed by atoms with Gasteiger partial charge in [-0.1, -0.05) is 0 Å². The van der Waals surface area contributed by atoms with E-state index >= 15 is 0 Å². The van der Waals surface area contributed by atoms with Gasteiger partial charge in [-0.25, -0.2) is 0 Å². The van der Waals surface area contributed by atoms with Crippen LogP contribution in [0.4, 0.5) is 0 Å². The molecule has 4 nitrogen and oxygen atoms in total. The second-order valence-electron chi connectivity index (χ2n) is 2.39. The number of ether oxygens (including phenoxy) is 1. The molecule has 1 N–H and O–H groups in total. The Morgan fingerprint density at radius 3 is 2.83 bits per heavy atom. The van der Waals surface area contributed by atoms with E-state index in [4.69, 9.17) is 10.3 Å². The lowest BCUT2D eigenvalue weighted by Crippen LogP contribution is -2.15. The molecule has 0 spiro atoms.